The van der Waals surface area contributed by atoms with E-state index in [0.717, 1.165) is 30.1 Å². The van der Waals surface area contributed by atoms with Crippen LogP contribution in [0.2, 0.25) is 0 Å². The highest BCUT2D eigenvalue weighted by molar-refractivity contribution is 5.69. The van der Waals surface area contributed by atoms with Gasteiger partial charge in [0.25, 0.3) is 0 Å². The normalized spacial score (nSPS) is 46.3. The van der Waals surface area contributed by atoms with Crippen LogP contribution >= 0.6 is 0 Å². The molecule has 0 aromatic rings. The van der Waals surface area contributed by atoms with Crippen molar-refractivity contribution in [1.82, 2.24) is 0 Å². The summed E-state index contributed by atoms with van der Waals surface area (Å²) in [6, 6.07) is 0. The van der Waals surface area contributed by atoms with E-state index in [1.165, 1.54) is 45.6 Å². The molecule has 0 unspecified atom stereocenters. The minimum absolute atomic E-state index is 0.0580. The first-order valence-electron chi connectivity index (χ1n) is 11.3. The van der Waals surface area contributed by atoms with E-state index >= 15 is 0 Å². The molecule has 4 aliphatic rings. The molecule has 0 bridgehead atoms. The van der Waals surface area contributed by atoms with Gasteiger partial charge in [0, 0.05) is 6.42 Å². The zero-order chi connectivity index (χ0) is 19.2. The minimum atomic E-state index is -0.0580. The Labute approximate surface area is 165 Å². The molecule has 0 heterocycles. The topological polar surface area (TPSA) is 26.3 Å². The van der Waals surface area contributed by atoms with Crippen molar-refractivity contribution >= 4 is 5.97 Å². The highest BCUT2D eigenvalue weighted by atomic mass is 16.5. The number of methoxy groups -OCH3 is 1. The number of ether oxygens (including phenoxy) is 1. The van der Waals surface area contributed by atoms with Crippen LogP contribution in [0.4, 0.5) is 0 Å². The van der Waals surface area contributed by atoms with E-state index in [1.807, 2.05) is 0 Å². The Morgan fingerprint density at radius 3 is 2.78 bits per heavy atom. The standard InChI is InChI=1S/C25H38O2/c1-17(8-13-23(26)27-4)20-11-12-21-19-10-9-18-7-5-6-15-24(18,2)22(19)14-16-25(20,21)3/h5,7,14,16-22H,6,8-13,15H2,1-4H3/t17-,18-,19+,20-,21+,22+,24+,25-/m1/s1. The van der Waals surface area contributed by atoms with Gasteiger partial charge in [-0.1, -0.05) is 45.1 Å². The lowest BCUT2D eigenvalue weighted by atomic mass is 9.47. The molecule has 2 heteroatoms. The molecule has 8 atom stereocenters. The summed E-state index contributed by atoms with van der Waals surface area (Å²) in [7, 11) is 1.50. The molecule has 0 aromatic heterocycles. The second kappa shape index (κ2) is 7.08. The van der Waals surface area contributed by atoms with Crippen molar-refractivity contribution in [2.45, 2.75) is 72.1 Å². The Kier molecular flexibility index (Phi) is 5.06. The van der Waals surface area contributed by atoms with Gasteiger partial charge in [-0.2, -0.15) is 0 Å². The summed E-state index contributed by atoms with van der Waals surface area (Å²) in [6.07, 6.45) is 19.9. The molecule has 0 saturated heterocycles. The van der Waals surface area contributed by atoms with E-state index in [9.17, 15) is 4.79 Å². The lowest BCUT2D eigenvalue weighted by molar-refractivity contribution is -0.141. The first-order valence-corrected chi connectivity index (χ1v) is 11.3. The Hall–Kier alpha value is -1.05. The largest absolute Gasteiger partial charge is 0.469 e. The molecule has 27 heavy (non-hydrogen) atoms. The van der Waals surface area contributed by atoms with Gasteiger partial charge in [0.1, 0.15) is 0 Å². The summed E-state index contributed by atoms with van der Waals surface area (Å²) in [5.41, 5.74) is 0.800. The summed E-state index contributed by atoms with van der Waals surface area (Å²) in [4.78, 5) is 11.6. The first-order chi connectivity index (χ1) is 12.9. The monoisotopic (exact) mass is 370 g/mol. The number of carbonyl (C=O) groups is 1. The lowest BCUT2D eigenvalue weighted by Gasteiger charge is -2.57. The van der Waals surface area contributed by atoms with Gasteiger partial charge in [0.05, 0.1) is 7.11 Å². The zero-order valence-corrected chi connectivity index (χ0v) is 17.7. The van der Waals surface area contributed by atoms with Gasteiger partial charge >= 0.3 is 5.97 Å². The van der Waals surface area contributed by atoms with Crippen LogP contribution < -0.4 is 0 Å². The Morgan fingerprint density at radius 1 is 1.19 bits per heavy atom. The predicted molar refractivity (Wildman–Crippen MR) is 110 cm³/mol. The summed E-state index contributed by atoms with van der Waals surface area (Å²) in [5, 5.41) is 0. The summed E-state index contributed by atoms with van der Waals surface area (Å²) in [5.74, 6) is 4.50. The van der Waals surface area contributed by atoms with Crippen LogP contribution in [0, 0.1) is 46.3 Å². The molecule has 0 amide bonds. The van der Waals surface area contributed by atoms with E-state index < -0.39 is 0 Å². The highest BCUT2D eigenvalue weighted by Crippen LogP contribution is 2.65. The molecular weight excluding hydrogens is 332 g/mol. The van der Waals surface area contributed by atoms with Crippen molar-refractivity contribution in [1.29, 1.82) is 0 Å². The van der Waals surface area contributed by atoms with E-state index in [0.29, 0.717) is 29.1 Å². The second-order valence-corrected chi connectivity index (χ2v) is 10.5. The average Bonchev–Trinajstić information content (AvgIpc) is 3.02. The van der Waals surface area contributed by atoms with Crippen LogP contribution in [0.1, 0.15) is 72.1 Å². The molecule has 0 aliphatic heterocycles. The summed E-state index contributed by atoms with van der Waals surface area (Å²) >= 11 is 0. The molecular formula is C25H38O2. The average molecular weight is 371 g/mol. The number of esters is 1. The molecule has 0 aromatic carbocycles. The maximum Gasteiger partial charge on any atom is 0.305 e. The molecule has 4 aliphatic carbocycles. The van der Waals surface area contributed by atoms with Gasteiger partial charge in [-0.15, -0.1) is 0 Å². The van der Waals surface area contributed by atoms with Crippen molar-refractivity contribution in [3.8, 4) is 0 Å². The lowest BCUT2D eigenvalue weighted by Crippen LogP contribution is -2.50. The molecule has 2 fully saturated rings. The maximum atomic E-state index is 11.6. The van der Waals surface area contributed by atoms with Crippen LogP contribution in [0.25, 0.3) is 0 Å². The van der Waals surface area contributed by atoms with E-state index in [1.54, 1.807) is 0 Å². The maximum absolute atomic E-state index is 11.6. The van der Waals surface area contributed by atoms with E-state index in [-0.39, 0.29) is 5.97 Å². The number of hydrogen-bond donors (Lipinski definition) is 0. The fourth-order valence-electron chi connectivity index (χ4n) is 7.79. The van der Waals surface area contributed by atoms with Crippen molar-refractivity contribution in [3.05, 3.63) is 24.3 Å². The third kappa shape index (κ3) is 3.02. The highest BCUT2D eigenvalue weighted by Gasteiger charge is 2.57. The van der Waals surface area contributed by atoms with E-state index in [4.69, 9.17) is 4.74 Å². The van der Waals surface area contributed by atoms with Crippen LogP contribution in [0.15, 0.2) is 24.3 Å². The van der Waals surface area contributed by atoms with Gasteiger partial charge in [0.15, 0.2) is 0 Å². The molecule has 0 N–H and O–H groups in total. The summed E-state index contributed by atoms with van der Waals surface area (Å²) in [6.45, 7) is 7.48. The number of carbonyl (C=O) groups excluding carboxylic acids is 1. The number of hydrogen-bond acceptors (Lipinski definition) is 2. The third-order valence-electron chi connectivity index (χ3n) is 9.38. The van der Waals surface area contributed by atoms with Gasteiger partial charge in [0.2, 0.25) is 0 Å². The molecule has 4 rings (SSSR count). The van der Waals surface area contributed by atoms with Crippen molar-refractivity contribution < 1.29 is 9.53 Å². The van der Waals surface area contributed by atoms with Crippen molar-refractivity contribution in [3.63, 3.8) is 0 Å². The number of allylic oxidation sites excluding steroid dienone is 4. The molecule has 2 saturated carbocycles. The quantitative estimate of drug-likeness (QED) is 0.436. The van der Waals surface area contributed by atoms with Crippen LogP contribution in [0.3, 0.4) is 0 Å². The van der Waals surface area contributed by atoms with Crippen LogP contribution in [-0.2, 0) is 9.53 Å². The van der Waals surface area contributed by atoms with Crippen molar-refractivity contribution in [2.24, 2.45) is 46.3 Å². The van der Waals surface area contributed by atoms with E-state index in [2.05, 4.69) is 45.1 Å². The Balaban J connectivity index is 1.55. The van der Waals surface area contributed by atoms with Gasteiger partial charge in [-0.3, -0.25) is 4.79 Å². The fraction of sp³-hybridized carbons (Fsp3) is 0.800. The van der Waals surface area contributed by atoms with Crippen molar-refractivity contribution in [2.75, 3.05) is 7.11 Å². The third-order valence-corrected chi connectivity index (χ3v) is 9.38. The van der Waals surface area contributed by atoms with Gasteiger partial charge in [-0.05, 0) is 91.3 Å². The smallest absolute Gasteiger partial charge is 0.305 e. The Bertz CT molecular complexity index is 634. The second-order valence-electron chi connectivity index (χ2n) is 10.5. The van der Waals surface area contributed by atoms with Gasteiger partial charge < -0.3 is 4.74 Å². The van der Waals surface area contributed by atoms with Crippen LogP contribution in [-0.4, -0.2) is 13.1 Å². The molecule has 0 radical (unpaired) electrons. The zero-order valence-electron chi connectivity index (χ0n) is 17.7. The van der Waals surface area contributed by atoms with Crippen LogP contribution in [0.5, 0.6) is 0 Å². The molecule has 150 valence electrons. The SMILES string of the molecule is COC(=O)CC[C@@H](C)[C@H]1CC[C@H]2[C@@H]3CC[C@H]4C=CCC[C@]4(C)[C@H]3C=C[C@]12C. The predicted octanol–water partition coefficient (Wildman–Crippen LogP) is 6.18. The minimum Gasteiger partial charge on any atom is -0.469 e. The molecule has 0 spiro atoms. The fourth-order valence-corrected chi connectivity index (χ4v) is 7.79. The number of rotatable bonds is 4. The first kappa shape index (κ1) is 19.3. The molecule has 2 nitrogen and oxygen atoms in total. The Morgan fingerprint density at radius 2 is 2.00 bits per heavy atom. The summed E-state index contributed by atoms with van der Waals surface area (Å²) < 4.78 is 4.87. The number of fused-ring (bicyclic) bond motifs is 5. The van der Waals surface area contributed by atoms with Gasteiger partial charge in [-0.25, -0.2) is 0 Å².